The summed E-state index contributed by atoms with van der Waals surface area (Å²) in [4.78, 5) is 0. The van der Waals surface area contributed by atoms with E-state index in [-0.39, 0.29) is 19.5 Å². The molecule has 0 aliphatic heterocycles. The van der Waals surface area contributed by atoms with Gasteiger partial charge in [-0.1, -0.05) is 0 Å². The minimum absolute atomic E-state index is 0. The predicted octanol–water partition coefficient (Wildman–Crippen LogP) is 9.38. The predicted molar refractivity (Wildman–Crippen MR) is 77.5 cm³/mol. The quantitative estimate of drug-likeness (QED) is 0.184. The van der Waals surface area contributed by atoms with Gasteiger partial charge in [0.05, 0.1) is 0 Å². The molecular weight excluding hydrogens is 925 g/mol. The summed E-state index contributed by atoms with van der Waals surface area (Å²) < 4.78 is 319. The number of alkyl halides is 30. The molecule has 0 rings (SSSR count). The Balaban J connectivity index is -0.000000767. The Morgan fingerprint density at radius 1 is 0.178 bits per heavy atom. The summed E-state index contributed by atoms with van der Waals surface area (Å²) >= 11 is -18.0. The fourth-order valence-corrected chi connectivity index (χ4v) is 10.6. The van der Waals surface area contributed by atoms with Crippen LogP contribution in [0.2, 0.25) is 0 Å². The van der Waals surface area contributed by atoms with E-state index in [2.05, 4.69) is 0 Å². The van der Waals surface area contributed by atoms with Crippen molar-refractivity contribution in [3.63, 3.8) is 0 Å². The summed E-state index contributed by atoms with van der Waals surface area (Å²) in [6.07, 6.45) is -44.7. The Bertz CT molecular complexity index is 753. The summed E-state index contributed by atoms with van der Waals surface area (Å²) in [5, 5.41) is 0. The van der Waals surface area contributed by atoms with Crippen molar-refractivity contribution >= 4 is 28.7 Å². The zero-order chi connectivity index (χ0) is 37.2. The zero-order valence-electron chi connectivity index (χ0n) is 19.0. The third-order valence-corrected chi connectivity index (χ3v) is 15.5. The summed E-state index contributed by atoms with van der Waals surface area (Å²) in [6.45, 7) is 0. The van der Waals surface area contributed by atoms with Crippen LogP contribution in [0, 0.1) is 0 Å². The van der Waals surface area contributed by atoms with E-state index in [0.717, 1.165) is 0 Å². The van der Waals surface area contributed by atoms with Crippen LogP contribution in [0.1, 0.15) is 0 Å². The first-order chi connectivity index (χ1) is 18.2. The second kappa shape index (κ2) is 13.1. The number of halogens is 30. The first kappa shape index (κ1) is 49.0. The monoisotopic (exact) mass is 926 g/mol. The molecule has 0 amide bonds. The molecule has 0 atom stereocenters. The summed E-state index contributed by atoms with van der Waals surface area (Å²) in [6, 6.07) is 0. The molecule has 0 bridgehead atoms. The number of hydrogen-bond acceptors (Lipinski definition) is 0. The van der Waals surface area contributed by atoms with Gasteiger partial charge in [-0.15, -0.1) is 0 Å². The van der Waals surface area contributed by atoms with Gasteiger partial charge in [0.15, 0.2) is 0 Å². The van der Waals surface area contributed by atoms with Gasteiger partial charge in [0.2, 0.25) is 0 Å². The Morgan fingerprint density at radius 3 is 0.289 bits per heavy atom. The smallest absolute Gasteiger partial charge is 0 e. The maximum atomic E-state index is 12.6. The molecule has 0 spiro atoms. The molecule has 0 N–H and O–H groups in total. The number of hydrogen-bond donors (Lipinski definition) is 0. The van der Waals surface area contributed by atoms with Crippen molar-refractivity contribution < 1.29 is 151 Å². The van der Waals surface area contributed by atoms with Crippen LogP contribution < -0.4 is 0 Å². The van der Waals surface area contributed by atoms with Crippen LogP contribution in [-0.2, 0) is 19.5 Å². The normalized spacial score (nSPS) is 16.0. The fraction of sp³-hybridized carbons (Fsp3) is 1.00. The van der Waals surface area contributed by atoms with E-state index in [1.807, 2.05) is 0 Å². The summed E-state index contributed by atoms with van der Waals surface area (Å²) in [7, 11) is 0. The number of rotatable bonds is 6. The van der Waals surface area contributed by atoms with Gasteiger partial charge in [-0.05, 0) is 0 Å². The molecule has 0 fully saturated rings. The molecule has 33 heteroatoms. The first-order valence-electron chi connectivity index (χ1n) is 8.67. The molecule has 0 unspecified atom stereocenters. The van der Waals surface area contributed by atoms with Crippen molar-refractivity contribution in [2.45, 2.75) is 65.6 Å². The van der Waals surface area contributed by atoms with E-state index >= 15 is 0 Å². The van der Waals surface area contributed by atoms with Gasteiger partial charge >= 0.3 is 226 Å². The van der Waals surface area contributed by atoms with Crippen molar-refractivity contribution in [3.8, 4) is 0 Å². The molecule has 0 aromatic carbocycles. The minimum Gasteiger partial charge on any atom is 0 e. The Hall–Kier alpha value is -0.391. The van der Waals surface area contributed by atoms with Crippen molar-refractivity contribution in [1.82, 2.24) is 0 Å². The van der Waals surface area contributed by atoms with E-state index in [1.54, 1.807) is 0 Å². The second-order valence-electron chi connectivity index (χ2n) is 7.18. The van der Waals surface area contributed by atoms with Crippen LogP contribution in [0.5, 0.6) is 0 Å². The van der Waals surface area contributed by atoms with Gasteiger partial charge in [0.1, 0.15) is 0 Å². The first-order valence-corrected chi connectivity index (χ1v) is 15.0. The van der Waals surface area contributed by atoms with E-state index in [9.17, 15) is 132 Å². The van der Waals surface area contributed by atoms with E-state index in [0.29, 0.717) is 0 Å². The average molecular weight is 925 g/mol. The van der Waals surface area contributed by atoms with Crippen molar-refractivity contribution in [2.24, 2.45) is 0 Å². The van der Waals surface area contributed by atoms with Crippen LogP contribution in [0.4, 0.5) is 132 Å². The maximum Gasteiger partial charge on any atom is 0 e. The molecule has 0 aliphatic rings. The molecule has 0 aliphatic carbocycles. The van der Waals surface area contributed by atoms with Crippen LogP contribution in [-0.4, -0.2) is 94.3 Å². The molecule has 45 heavy (non-hydrogen) atoms. The molecule has 0 aromatic heterocycles. The second-order valence-corrected chi connectivity index (χ2v) is 18.2. The molecule has 0 aromatic rings. The van der Waals surface area contributed by atoms with Gasteiger partial charge in [-0.3, -0.25) is 0 Å². The van der Waals surface area contributed by atoms with Crippen molar-refractivity contribution in [2.75, 3.05) is 0 Å². The Kier molecular flexibility index (Phi) is 14.3. The van der Waals surface area contributed by atoms with Gasteiger partial charge < -0.3 is 0 Å². The SMILES string of the molecule is FC(F)(F)[C](F)(F)[Ge]([C](F)(F)C(F)(F)F)[C](F)(F)C(F)(F)F.FC(F)(F)[C](F)(F)[Ge]([C](F)(F)C(F)(F)F)[C](F)(F)C(F)(F)F.[Zn]. The third-order valence-electron chi connectivity index (χ3n) is 4.02. The molecule has 0 saturated carbocycles. The van der Waals surface area contributed by atoms with Crippen LogP contribution in [0.15, 0.2) is 0 Å². The van der Waals surface area contributed by atoms with Gasteiger partial charge in [-0.25, -0.2) is 0 Å². The molecule has 0 saturated heterocycles. The van der Waals surface area contributed by atoms with Gasteiger partial charge in [0.25, 0.3) is 0 Å². The van der Waals surface area contributed by atoms with E-state index < -0.39 is 94.3 Å². The fourth-order valence-electron chi connectivity index (χ4n) is 2.03. The van der Waals surface area contributed by atoms with Crippen LogP contribution in [0.3, 0.4) is 0 Å². The third kappa shape index (κ3) is 9.40. The maximum absolute atomic E-state index is 12.6. The summed E-state index contributed by atoms with van der Waals surface area (Å²) in [5.74, 6) is 0. The summed E-state index contributed by atoms with van der Waals surface area (Å²) in [5.41, 5.74) is 0. The molecule has 0 nitrogen and oxygen atoms in total. The van der Waals surface area contributed by atoms with Crippen LogP contribution >= 0.6 is 0 Å². The molecule has 268 valence electrons. The standard InChI is InChI=1S/2C6F15Ge.Zn/c2*7-1(8,9)4(16,17)22(5(18,19)2(10,11)12)6(20,21)3(13,14)15;. The van der Waals surface area contributed by atoms with Gasteiger partial charge in [-0.2, -0.15) is 0 Å². The van der Waals surface area contributed by atoms with Crippen molar-refractivity contribution in [3.05, 3.63) is 0 Å². The molecular formula is C12F30Ge2Zn. The van der Waals surface area contributed by atoms with E-state index in [1.165, 1.54) is 0 Å². The molecule has 2 radical (unpaired) electrons. The Morgan fingerprint density at radius 2 is 0.244 bits per heavy atom. The minimum atomic E-state index is -8.98. The van der Waals surface area contributed by atoms with Crippen molar-refractivity contribution in [1.29, 1.82) is 0 Å². The topological polar surface area (TPSA) is 0 Å². The van der Waals surface area contributed by atoms with E-state index in [4.69, 9.17) is 0 Å². The van der Waals surface area contributed by atoms with Gasteiger partial charge in [0, 0.05) is 19.5 Å². The molecule has 0 heterocycles. The zero-order valence-corrected chi connectivity index (χ0v) is 26.2. The van der Waals surface area contributed by atoms with Crippen LogP contribution in [0.25, 0.3) is 0 Å². The Labute approximate surface area is 245 Å². The average Bonchev–Trinajstić information content (AvgIpc) is 2.61. The largest absolute Gasteiger partial charge is 0 e.